The topological polar surface area (TPSA) is 92.8 Å². The number of hydrogen-bond acceptors (Lipinski definition) is 7. The smallest absolute Gasteiger partial charge is 0.235 e. The van der Waals surface area contributed by atoms with Crippen LogP contribution in [0.3, 0.4) is 0 Å². The number of para-hydroxylation sites is 1. The Morgan fingerprint density at radius 2 is 2.15 bits per heavy atom. The van der Waals surface area contributed by atoms with Crippen LogP contribution in [0.2, 0.25) is 0 Å². The average molecular weight is 494 g/mol. The highest BCUT2D eigenvalue weighted by Crippen LogP contribution is 2.37. The van der Waals surface area contributed by atoms with E-state index in [0.717, 1.165) is 42.6 Å². The van der Waals surface area contributed by atoms with Crippen molar-refractivity contribution in [2.75, 3.05) is 17.7 Å². The molecule has 0 fully saturated rings. The van der Waals surface area contributed by atoms with Gasteiger partial charge in [-0.1, -0.05) is 36.4 Å². The number of benzene rings is 1. The predicted octanol–water partition coefficient (Wildman–Crippen LogP) is 5.46. The summed E-state index contributed by atoms with van der Waals surface area (Å²) < 4.78 is 7.69. The first-order valence-corrected chi connectivity index (χ1v) is 13.2. The maximum absolute atomic E-state index is 12.8. The standard InChI is InChI=1S/C25H27N5O2S2/c1-3-14-30-23(18-11-8-9-12-20(18)32-4-2)28-29-25(30)33-16-22(31)27-24-19(15-26)17-10-6-5-7-13-21(17)34-24/h3,8-9,11-12H,1,4-7,10,13-14,16H2,2H3,(H,27,31). The summed E-state index contributed by atoms with van der Waals surface area (Å²) >= 11 is 2.86. The van der Waals surface area contributed by atoms with Gasteiger partial charge in [0, 0.05) is 11.4 Å². The zero-order chi connectivity index (χ0) is 23.9. The number of hydrogen-bond donors (Lipinski definition) is 1. The summed E-state index contributed by atoms with van der Waals surface area (Å²) in [7, 11) is 0. The molecule has 0 bridgehead atoms. The van der Waals surface area contributed by atoms with E-state index in [1.165, 1.54) is 23.1 Å². The van der Waals surface area contributed by atoms with Gasteiger partial charge in [0.2, 0.25) is 5.91 Å². The highest BCUT2D eigenvalue weighted by Gasteiger charge is 2.22. The molecule has 0 atom stereocenters. The maximum Gasteiger partial charge on any atom is 0.235 e. The first-order valence-electron chi connectivity index (χ1n) is 11.4. The number of fused-ring (bicyclic) bond motifs is 1. The fraction of sp³-hybridized carbons (Fsp3) is 0.360. The lowest BCUT2D eigenvalue weighted by Crippen LogP contribution is -2.14. The summed E-state index contributed by atoms with van der Waals surface area (Å²) in [4.78, 5) is 14.0. The maximum atomic E-state index is 12.8. The minimum atomic E-state index is -0.165. The number of allylic oxidation sites excluding steroid dienone is 1. The number of anilines is 1. The number of aromatic nitrogens is 3. The summed E-state index contributed by atoms with van der Waals surface area (Å²) in [6.45, 7) is 6.84. The number of nitrogens with one attached hydrogen (secondary N) is 1. The van der Waals surface area contributed by atoms with Gasteiger partial charge in [-0.05, 0) is 50.3 Å². The molecule has 1 N–H and O–H groups in total. The van der Waals surface area contributed by atoms with Crippen molar-refractivity contribution in [3.63, 3.8) is 0 Å². The lowest BCUT2D eigenvalue weighted by atomic mass is 10.1. The van der Waals surface area contributed by atoms with E-state index >= 15 is 0 Å². The van der Waals surface area contributed by atoms with Crippen molar-refractivity contribution in [1.82, 2.24) is 14.8 Å². The molecule has 7 nitrogen and oxygen atoms in total. The lowest BCUT2D eigenvalue weighted by molar-refractivity contribution is -0.113. The molecule has 176 valence electrons. The Balaban J connectivity index is 1.50. The van der Waals surface area contributed by atoms with Gasteiger partial charge in [-0.15, -0.1) is 28.1 Å². The number of thioether (sulfide) groups is 1. The van der Waals surface area contributed by atoms with Gasteiger partial charge >= 0.3 is 0 Å². The molecule has 1 aromatic carbocycles. The van der Waals surface area contributed by atoms with Gasteiger partial charge in [0.05, 0.1) is 23.5 Å². The quantitative estimate of drug-likeness (QED) is 0.242. The van der Waals surface area contributed by atoms with Gasteiger partial charge in [0.25, 0.3) is 0 Å². The van der Waals surface area contributed by atoms with Crippen molar-refractivity contribution in [1.29, 1.82) is 5.26 Å². The largest absolute Gasteiger partial charge is 0.493 e. The van der Waals surface area contributed by atoms with Gasteiger partial charge in [-0.25, -0.2) is 0 Å². The molecular formula is C25H27N5O2S2. The number of rotatable bonds is 9. The van der Waals surface area contributed by atoms with Gasteiger partial charge < -0.3 is 10.1 Å². The molecule has 0 aliphatic heterocycles. The molecule has 1 aliphatic rings. The van der Waals surface area contributed by atoms with Gasteiger partial charge in [-0.3, -0.25) is 9.36 Å². The van der Waals surface area contributed by atoms with E-state index in [-0.39, 0.29) is 11.7 Å². The monoisotopic (exact) mass is 493 g/mol. The fourth-order valence-corrected chi connectivity index (χ4v) is 6.07. The molecule has 2 aromatic heterocycles. The minimum absolute atomic E-state index is 0.163. The number of aryl methyl sites for hydroxylation is 1. The van der Waals surface area contributed by atoms with E-state index in [1.807, 2.05) is 35.8 Å². The Morgan fingerprint density at radius 3 is 2.94 bits per heavy atom. The van der Waals surface area contributed by atoms with Crippen LogP contribution in [-0.4, -0.2) is 33.0 Å². The van der Waals surface area contributed by atoms with Crippen molar-refractivity contribution >= 4 is 34.0 Å². The number of nitrogens with zero attached hydrogens (tertiary/aromatic N) is 4. The molecule has 0 unspecified atom stereocenters. The third-order valence-corrected chi connectivity index (χ3v) is 7.75. The highest BCUT2D eigenvalue weighted by atomic mass is 32.2. The Kier molecular flexibility index (Phi) is 8.03. The van der Waals surface area contributed by atoms with Crippen LogP contribution in [-0.2, 0) is 24.2 Å². The Morgan fingerprint density at radius 1 is 1.32 bits per heavy atom. The molecule has 2 heterocycles. The molecule has 9 heteroatoms. The Hall–Kier alpha value is -3.09. The number of ether oxygens (including phenoxy) is 1. The average Bonchev–Trinajstić information content (AvgIpc) is 3.30. The molecular weight excluding hydrogens is 466 g/mol. The highest BCUT2D eigenvalue weighted by molar-refractivity contribution is 7.99. The molecule has 0 spiro atoms. The lowest BCUT2D eigenvalue weighted by Gasteiger charge is -2.11. The summed E-state index contributed by atoms with van der Waals surface area (Å²) in [6.07, 6.45) is 7.09. The SMILES string of the molecule is C=CCn1c(SCC(=O)Nc2sc3c(c2C#N)CCCCC3)nnc1-c1ccccc1OCC. The van der Waals surface area contributed by atoms with E-state index in [4.69, 9.17) is 4.74 Å². The predicted molar refractivity (Wildman–Crippen MR) is 136 cm³/mol. The van der Waals surface area contributed by atoms with Crippen LogP contribution in [0.4, 0.5) is 5.00 Å². The number of nitriles is 1. The van der Waals surface area contributed by atoms with Crippen molar-refractivity contribution in [3.8, 4) is 23.2 Å². The second kappa shape index (κ2) is 11.4. The normalized spacial score (nSPS) is 12.9. The van der Waals surface area contributed by atoms with Crippen LogP contribution >= 0.6 is 23.1 Å². The van der Waals surface area contributed by atoms with E-state index in [9.17, 15) is 10.1 Å². The van der Waals surface area contributed by atoms with Gasteiger partial charge in [0.15, 0.2) is 11.0 Å². The van der Waals surface area contributed by atoms with E-state index < -0.39 is 0 Å². The van der Waals surface area contributed by atoms with Crippen molar-refractivity contribution < 1.29 is 9.53 Å². The van der Waals surface area contributed by atoms with Crippen molar-refractivity contribution in [3.05, 3.63) is 52.9 Å². The molecule has 1 aliphatic carbocycles. The summed E-state index contributed by atoms with van der Waals surface area (Å²) in [5.41, 5.74) is 2.59. The summed E-state index contributed by atoms with van der Waals surface area (Å²) in [5.74, 6) is 1.40. The summed E-state index contributed by atoms with van der Waals surface area (Å²) in [5, 5.41) is 22.7. The summed E-state index contributed by atoms with van der Waals surface area (Å²) in [6, 6.07) is 10.0. The van der Waals surface area contributed by atoms with Crippen molar-refractivity contribution in [2.45, 2.75) is 50.7 Å². The molecule has 0 saturated carbocycles. The molecule has 3 aromatic rings. The minimum Gasteiger partial charge on any atom is -0.493 e. The Labute approximate surface area is 207 Å². The van der Waals surface area contributed by atoms with Crippen LogP contribution in [0, 0.1) is 11.3 Å². The van der Waals surface area contributed by atoms with Crippen LogP contribution < -0.4 is 10.1 Å². The third kappa shape index (κ3) is 5.18. The van der Waals surface area contributed by atoms with E-state index in [0.29, 0.717) is 34.7 Å². The zero-order valence-electron chi connectivity index (χ0n) is 19.2. The fourth-order valence-electron chi connectivity index (χ4n) is 4.06. The van der Waals surface area contributed by atoms with Crippen LogP contribution in [0.5, 0.6) is 5.75 Å². The first kappa shape index (κ1) is 24.0. The molecule has 0 radical (unpaired) electrons. The molecule has 1 amide bonds. The first-order chi connectivity index (χ1) is 16.7. The van der Waals surface area contributed by atoms with Gasteiger partial charge in [-0.2, -0.15) is 5.26 Å². The second-order valence-corrected chi connectivity index (χ2v) is 9.90. The van der Waals surface area contributed by atoms with Crippen LogP contribution in [0.25, 0.3) is 11.4 Å². The van der Waals surface area contributed by atoms with E-state index in [1.54, 1.807) is 17.4 Å². The third-order valence-electron chi connectivity index (χ3n) is 5.57. The number of thiophene rings is 1. The zero-order valence-corrected chi connectivity index (χ0v) is 20.8. The molecule has 4 rings (SSSR count). The number of carbonyl (C=O) groups is 1. The number of carbonyl (C=O) groups excluding carboxylic acids is 1. The van der Waals surface area contributed by atoms with Gasteiger partial charge in [0.1, 0.15) is 16.8 Å². The van der Waals surface area contributed by atoms with Crippen molar-refractivity contribution in [2.24, 2.45) is 0 Å². The molecule has 34 heavy (non-hydrogen) atoms. The van der Waals surface area contributed by atoms with Crippen LogP contribution in [0.1, 0.15) is 42.2 Å². The Bertz CT molecular complexity index is 1220. The second-order valence-electron chi connectivity index (χ2n) is 7.85. The van der Waals surface area contributed by atoms with E-state index in [2.05, 4.69) is 28.2 Å². The number of amides is 1. The molecule has 0 saturated heterocycles. The van der Waals surface area contributed by atoms with Crippen LogP contribution in [0.15, 0.2) is 42.1 Å².